The highest BCUT2D eigenvalue weighted by molar-refractivity contribution is 7.10. The molecule has 0 radical (unpaired) electrons. The van der Waals surface area contributed by atoms with Gasteiger partial charge in [0.05, 0.1) is 0 Å². The first-order valence-corrected chi connectivity index (χ1v) is 4.99. The molecule has 6 heteroatoms. The Labute approximate surface area is 90.1 Å². The van der Waals surface area contributed by atoms with Crippen molar-refractivity contribution >= 4 is 28.1 Å². The number of rotatable bonds is 2. The van der Waals surface area contributed by atoms with Gasteiger partial charge in [0, 0.05) is 17.2 Å². The van der Waals surface area contributed by atoms with Gasteiger partial charge in [0.15, 0.2) is 5.69 Å². The van der Waals surface area contributed by atoms with Crippen LogP contribution in [0.2, 0.25) is 0 Å². The maximum Gasteiger partial charge on any atom is 0.279 e. The second-order valence-corrected chi connectivity index (χ2v) is 3.59. The van der Waals surface area contributed by atoms with E-state index < -0.39 is 0 Å². The van der Waals surface area contributed by atoms with Crippen LogP contribution in [0.1, 0.15) is 10.5 Å². The number of para-hydroxylation sites is 1. The van der Waals surface area contributed by atoms with Gasteiger partial charge in [-0.25, -0.2) is 0 Å². The van der Waals surface area contributed by atoms with Gasteiger partial charge in [-0.15, -0.1) is 5.10 Å². The Bertz CT molecular complexity index is 468. The number of nitrogens with one attached hydrogen (secondary N) is 1. The van der Waals surface area contributed by atoms with Crippen molar-refractivity contribution in [3.8, 4) is 0 Å². The van der Waals surface area contributed by atoms with Crippen molar-refractivity contribution in [3.05, 3.63) is 36.0 Å². The van der Waals surface area contributed by atoms with E-state index in [1.54, 1.807) is 12.1 Å². The maximum absolute atomic E-state index is 11.6. The molecule has 15 heavy (non-hydrogen) atoms. The van der Waals surface area contributed by atoms with Gasteiger partial charge in [-0.05, 0) is 12.1 Å². The first-order chi connectivity index (χ1) is 7.27. The standard InChI is InChI=1S/C9H8N4OS/c10-8-7(12-13-15-8)9(14)11-6-4-2-1-3-5-6/h1-5H,10H2,(H,11,14). The molecule has 3 N–H and O–H groups in total. The fourth-order valence-corrected chi connectivity index (χ4v) is 1.50. The van der Waals surface area contributed by atoms with E-state index in [0.717, 1.165) is 11.5 Å². The molecule has 0 saturated carbocycles. The van der Waals surface area contributed by atoms with Crippen LogP contribution in [0.5, 0.6) is 0 Å². The normalized spacial score (nSPS) is 9.87. The molecule has 1 heterocycles. The van der Waals surface area contributed by atoms with Crippen molar-refractivity contribution in [1.29, 1.82) is 0 Å². The second kappa shape index (κ2) is 4.05. The molecule has 5 nitrogen and oxygen atoms in total. The molecule has 0 aliphatic carbocycles. The fraction of sp³-hybridized carbons (Fsp3) is 0. The Balaban J connectivity index is 2.15. The minimum Gasteiger partial charge on any atom is -0.387 e. The van der Waals surface area contributed by atoms with Crippen molar-refractivity contribution in [2.24, 2.45) is 0 Å². The molecule has 2 aromatic rings. The smallest absolute Gasteiger partial charge is 0.279 e. The lowest BCUT2D eigenvalue weighted by Gasteiger charge is -2.01. The number of hydrogen-bond acceptors (Lipinski definition) is 5. The lowest BCUT2D eigenvalue weighted by atomic mass is 10.3. The number of nitrogens with two attached hydrogens (primary N) is 1. The monoisotopic (exact) mass is 220 g/mol. The van der Waals surface area contributed by atoms with Crippen LogP contribution in [-0.2, 0) is 0 Å². The minimum absolute atomic E-state index is 0.170. The van der Waals surface area contributed by atoms with Crippen LogP contribution >= 0.6 is 11.5 Å². The molecular formula is C9H8N4OS. The van der Waals surface area contributed by atoms with Crippen LogP contribution in [0, 0.1) is 0 Å². The highest BCUT2D eigenvalue weighted by atomic mass is 32.1. The highest BCUT2D eigenvalue weighted by Crippen LogP contribution is 2.14. The summed E-state index contributed by atoms with van der Waals surface area (Å²) in [5.41, 5.74) is 6.40. The van der Waals surface area contributed by atoms with E-state index in [9.17, 15) is 4.79 Å². The van der Waals surface area contributed by atoms with Crippen LogP contribution in [0.15, 0.2) is 30.3 Å². The summed E-state index contributed by atoms with van der Waals surface area (Å²) in [6.45, 7) is 0. The Morgan fingerprint density at radius 2 is 2.07 bits per heavy atom. The fourth-order valence-electron chi connectivity index (χ4n) is 1.07. The first kappa shape index (κ1) is 9.60. The average Bonchev–Trinajstić information content (AvgIpc) is 2.66. The van der Waals surface area contributed by atoms with E-state index in [4.69, 9.17) is 5.73 Å². The number of benzene rings is 1. The van der Waals surface area contributed by atoms with Gasteiger partial charge in [0.25, 0.3) is 5.91 Å². The van der Waals surface area contributed by atoms with Crippen LogP contribution in [-0.4, -0.2) is 15.5 Å². The maximum atomic E-state index is 11.6. The first-order valence-electron chi connectivity index (χ1n) is 4.21. The number of carbonyl (C=O) groups is 1. The number of nitrogens with zero attached hydrogens (tertiary/aromatic N) is 2. The summed E-state index contributed by atoms with van der Waals surface area (Å²) in [6.07, 6.45) is 0. The van der Waals surface area contributed by atoms with Crippen LogP contribution in [0.3, 0.4) is 0 Å². The van der Waals surface area contributed by atoms with Gasteiger partial charge < -0.3 is 11.1 Å². The molecule has 0 bridgehead atoms. The molecule has 0 aliphatic heterocycles. The third kappa shape index (κ3) is 2.10. The summed E-state index contributed by atoms with van der Waals surface area (Å²) >= 11 is 0.999. The van der Waals surface area contributed by atoms with E-state index in [0.29, 0.717) is 10.7 Å². The van der Waals surface area contributed by atoms with Crippen LogP contribution < -0.4 is 11.1 Å². The van der Waals surface area contributed by atoms with Crippen LogP contribution in [0.4, 0.5) is 10.7 Å². The SMILES string of the molecule is Nc1snnc1C(=O)Nc1ccccc1. The van der Waals surface area contributed by atoms with Crippen molar-refractivity contribution in [1.82, 2.24) is 9.59 Å². The van der Waals surface area contributed by atoms with Crippen molar-refractivity contribution in [2.45, 2.75) is 0 Å². The summed E-state index contributed by atoms with van der Waals surface area (Å²) in [5.74, 6) is -0.340. The second-order valence-electron chi connectivity index (χ2n) is 2.81. The molecule has 0 spiro atoms. The van der Waals surface area contributed by atoms with Crippen molar-refractivity contribution < 1.29 is 4.79 Å². The van der Waals surface area contributed by atoms with Gasteiger partial charge in [-0.1, -0.05) is 22.7 Å². The molecule has 0 atom stereocenters. The Hall–Kier alpha value is -1.95. The summed E-state index contributed by atoms with van der Waals surface area (Å²) < 4.78 is 3.59. The Kier molecular flexibility index (Phi) is 2.59. The number of anilines is 2. The number of aromatic nitrogens is 2. The quantitative estimate of drug-likeness (QED) is 0.801. The zero-order valence-corrected chi connectivity index (χ0v) is 8.49. The van der Waals surface area contributed by atoms with E-state index >= 15 is 0 Å². The van der Waals surface area contributed by atoms with Crippen molar-refractivity contribution in [3.63, 3.8) is 0 Å². The largest absolute Gasteiger partial charge is 0.387 e. The topological polar surface area (TPSA) is 80.9 Å². The molecule has 1 amide bonds. The summed E-state index contributed by atoms with van der Waals surface area (Å²) in [5, 5.41) is 6.64. The van der Waals surface area contributed by atoms with Crippen LogP contribution in [0.25, 0.3) is 0 Å². The molecule has 0 saturated heterocycles. The van der Waals surface area contributed by atoms with E-state index in [1.807, 2.05) is 18.2 Å². The minimum atomic E-state index is -0.340. The van der Waals surface area contributed by atoms with E-state index in [2.05, 4.69) is 14.9 Å². The zero-order valence-electron chi connectivity index (χ0n) is 7.68. The third-order valence-electron chi connectivity index (χ3n) is 1.76. The van der Waals surface area contributed by atoms with Crippen molar-refractivity contribution in [2.75, 3.05) is 11.1 Å². The number of hydrogen-bond donors (Lipinski definition) is 2. The molecule has 1 aromatic heterocycles. The van der Waals surface area contributed by atoms with Gasteiger partial charge in [0.2, 0.25) is 0 Å². The summed E-state index contributed by atoms with van der Waals surface area (Å²) in [4.78, 5) is 11.6. The predicted molar refractivity (Wildman–Crippen MR) is 58.7 cm³/mol. The van der Waals surface area contributed by atoms with Gasteiger partial charge in [-0.3, -0.25) is 4.79 Å². The summed E-state index contributed by atoms with van der Waals surface area (Å²) in [6, 6.07) is 9.10. The lowest BCUT2D eigenvalue weighted by Crippen LogP contribution is -2.13. The number of carbonyl (C=O) groups excluding carboxylic acids is 1. The van der Waals surface area contributed by atoms with E-state index in [-0.39, 0.29) is 11.6 Å². The Morgan fingerprint density at radius 3 is 2.67 bits per heavy atom. The summed E-state index contributed by atoms with van der Waals surface area (Å²) in [7, 11) is 0. The molecule has 0 unspecified atom stereocenters. The molecule has 1 aromatic carbocycles. The molecule has 76 valence electrons. The van der Waals surface area contributed by atoms with Gasteiger partial charge in [0.1, 0.15) is 5.00 Å². The lowest BCUT2D eigenvalue weighted by molar-refractivity contribution is 0.102. The molecule has 0 aliphatic rings. The van der Waals surface area contributed by atoms with Gasteiger partial charge >= 0.3 is 0 Å². The number of nitrogen functional groups attached to an aromatic ring is 1. The highest BCUT2D eigenvalue weighted by Gasteiger charge is 2.13. The molecule has 2 rings (SSSR count). The average molecular weight is 220 g/mol. The van der Waals surface area contributed by atoms with E-state index in [1.165, 1.54) is 0 Å². The predicted octanol–water partition coefficient (Wildman–Crippen LogP) is 1.37. The Morgan fingerprint density at radius 1 is 1.33 bits per heavy atom. The molecular weight excluding hydrogens is 212 g/mol. The molecule has 0 fully saturated rings. The van der Waals surface area contributed by atoms with Gasteiger partial charge in [-0.2, -0.15) is 0 Å². The third-order valence-corrected chi connectivity index (χ3v) is 2.31. The zero-order chi connectivity index (χ0) is 10.7. The number of amides is 1.